The number of hydrogen-bond acceptors (Lipinski definition) is 2. The van der Waals surface area contributed by atoms with E-state index in [4.69, 9.17) is 0 Å². The van der Waals surface area contributed by atoms with Crippen LogP contribution >= 0.6 is 0 Å². The smallest absolute Gasteiger partial charge is 0.224 e. The highest BCUT2D eigenvalue weighted by molar-refractivity contribution is 5.90. The van der Waals surface area contributed by atoms with Crippen LogP contribution in [0.1, 0.15) is 24.8 Å². The number of carbonyl (C=O) groups excluding carboxylic acids is 1. The van der Waals surface area contributed by atoms with Gasteiger partial charge in [-0.1, -0.05) is 42.5 Å². The normalized spacial score (nSPS) is 16.6. The zero-order chi connectivity index (χ0) is 14.0. The first-order valence-electron chi connectivity index (χ1n) is 7.11. The van der Waals surface area contributed by atoms with E-state index >= 15 is 0 Å². The number of nitrogens with one attached hydrogen (secondary N) is 1. The molecule has 3 heteroatoms. The average Bonchev–Trinajstić information content (AvgIpc) is 2.43. The summed E-state index contributed by atoms with van der Waals surface area (Å²) in [7, 11) is 0. The fourth-order valence-corrected chi connectivity index (χ4v) is 2.89. The van der Waals surface area contributed by atoms with Gasteiger partial charge in [0.15, 0.2) is 0 Å². The van der Waals surface area contributed by atoms with Crippen molar-refractivity contribution in [3.8, 4) is 0 Å². The molecule has 2 N–H and O–H groups in total. The number of hydrogen-bond donors (Lipinski definition) is 2. The van der Waals surface area contributed by atoms with Crippen molar-refractivity contribution in [2.75, 3.05) is 6.61 Å². The fraction of sp³-hybridized carbons (Fsp3) is 0.353. The maximum atomic E-state index is 12.2. The number of aliphatic hydroxyl groups is 1. The molecule has 0 unspecified atom stereocenters. The van der Waals surface area contributed by atoms with E-state index in [0.717, 1.165) is 35.6 Å². The summed E-state index contributed by atoms with van der Waals surface area (Å²) in [5.41, 5.74) is 0.676. The van der Waals surface area contributed by atoms with Crippen LogP contribution in [0.15, 0.2) is 42.5 Å². The molecule has 0 aliphatic heterocycles. The number of amides is 1. The van der Waals surface area contributed by atoms with Gasteiger partial charge in [-0.05, 0) is 35.6 Å². The molecule has 1 aliphatic rings. The lowest BCUT2D eigenvalue weighted by molar-refractivity contribution is -0.124. The molecule has 0 radical (unpaired) electrons. The third-order valence-corrected chi connectivity index (χ3v) is 4.25. The highest BCUT2D eigenvalue weighted by atomic mass is 16.3. The van der Waals surface area contributed by atoms with Gasteiger partial charge in [0, 0.05) is 0 Å². The van der Waals surface area contributed by atoms with Gasteiger partial charge in [0.1, 0.15) is 0 Å². The van der Waals surface area contributed by atoms with E-state index in [1.807, 2.05) is 30.3 Å². The van der Waals surface area contributed by atoms with E-state index in [1.54, 1.807) is 0 Å². The lowest BCUT2D eigenvalue weighted by atomic mass is 9.77. The van der Waals surface area contributed by atoms with Crippen molar-refractivity contribution in [3.63, 3.8) is 0 Å². The Bertz CT molecular complexity index is 621. The Labute approximate surface area is 118 Å². The summed E-state index contributed by atoms with van der Waals surface area (Å²) in [5, 5.41) is 14.7. The highest BCUT2D eigenvalue weighted by Gasteiger charge is 2.37. The second-order valence-electron chi connectivity index (χ2n) is 5.66. The van der Waals surface area contributed by atoms with Crippen LogP contribution in [0.4, 0.5) is 0 Å². The lowest BCUT2D eigenvalue weighted by Crippen LogP contribution is -2.56. The molecule has 3 rings (SSSR count). The highest BCUT2D eigenvalue weighted by Crippen LogP contribution is 2.31. The third-order valence-electron chi connectivity index (χ3n) is 4.25. The summed E-state index contributed by atoms with van der Waals surface area (Å²) in [6.45, 7) is 0.0360. The Kier molecular flexibility index (Phi) is 3.45. The van der Waals surface area contributed by atoms with E-state index in [-0.39, 0.29) is 18.1 Å². The van der Waals surface area contributed by atoms with Gasteiger partial charge < -0.3 is 10.4 Å². The Balaban J connectivity index is 1.77. The number of rotatable bonds is 4. The van der Waals surface area contributed by atoms with Crippen LogP contribution in [0.2, 0.25) is 0 Å². The molecule has 2 aromatic carbocycles. The summed E-state index contributed by atoms with van der Waals surface area (Å²) in [5.74, 6) is -0.00453. The van der Waals surface area contributed by atoms with Gasteiger partial charge in [-0.25, -0.2) is 0 Å². The molecule has 0 atom stereocenters. The van der Waals surface area contributed by atoms with Crippen molar-refractivity contribution in [2.24, 2.45) is 0 Å². The third kappa shape index (κ3) is 2.41. The molecule has 0 heterocycles. The Hall–Kier alpha value is -1.87. The number of fused-ring (bicyclic) bond motifs is 1. The van der Waals surface area contributed by atoms with Crippen LogP contribution in [0.25, 0.3) is 10.8 Å². The van der Waals surface area contributed by atoms with Crippen LogP contribution in [-0.4, -0.2) is 23.2 Å². The van der Waals surface area contributed by atoms with Crippen LogP contribution in [0, 0.1) is 0 Å². The minimum atomic E-state index is -0.359. The summed E-state index contributed by atoms with van der Waals surface area (Å²) >= 11 is 0. The van der Waals surface area contributed by atoms with E-state index in [1.165, 1.54) is 0 Å². The maximum Gasteiger partial charge on any atom is 0.224 e. The first-order chi connectivity index (χ1) is 9.72. The minimum Gasteiger partial charge on any atom is -0.394 e. The van der Waals surface area contributed by atoms with Gasteiger partial charge in [0.05, 0.1) is 18.6 Å². The van der Waals surface area contributed by atoms with Crippen LogP contribution in [0.5, 0.6) is 0 Å². The van der Waals surface area contributed by atoms with Crippen LogP contribution in [-0.2, 0) is 11.2 Å². The zero-order valence-electron chi connectivity index (χ0n) is 11.4. The molecule has 1 fully saturated rings. The molecule has 0 saturated heterocycles. The number of aliphatic hydroxyl groups excluding tert-OH is 1. The second-order valence-corrected chi connectivity index (χ2v) is 5.66. The van der Waals surface area contributed by atoms with Crippen molar-refractivity contribution in [3.05, 3.63) is 48.0 Å². The van der Waals surface area contributed by atoms with Crippen LogP contribution in [0.3, 0.4) is 0 Å². The molecule has 1 amide bonds. The standard InChI is InChI=1S/C17H19NO2/c19-12-17(9-4-10-17)18-16(20)11-14-7-3-6-13-5-1-2-8-15(13)14/h1-3,5-8,19H,4,9-12H2,(H,18,20). The minimum absolute atomic E-state index is 0.00453. The molecule has 0 aromatic heterocycles. The fourth-order valence-electron chi connectivity index (χ4n) is 2.89. The molecule has 1 saturated carbocycles. The molecule has 0 spiro atoms. The molecule has 20 heavy (non-hydrogen) atoms. The number of carbonyl (C=O) groups is 1. The molecule has 3 nitrogen and oxygen atoms in total. The largest absolute Gasteiger partial charge is 0.394 e. The first kappa shape index (κ1) is 13.1. The molecule has 0 bridgehead atoms. The number of benzene rings is 2. The Morgan fingerprint density at radius 1 is 1.15 bits per heavy atom. The van der Waals surface area contributed by atoms with E-state index in [2.05, 4.69) is 17.4 Å². The van der Waals surface area contributed by atoms with Crippen molar-refractivity contribution in [1.29, 1.82) is 0 Å². The van der Waals surface area contributed by atoms with E-state index in [9.17, 15) is 9.90 Å². The topological polar surface area (TPSA) is 49.3 Å². The predicted molar refractivity (Wildman–Crippen MR) is 79.5 cm³/mol. The van der Waals surface area contributed by atoms with E-state index in [0.29, 0.717) is 6.42 Å². The molecular weight excluding hydrogens is 250 g/mol. The Morgan fingerprint density at radius 2 is 1.90 bits per heavy atom. The summed E-state index contributed by atoms with van der Waals surface area (Å²) in [6.07, 6.45) is 3.20. The van der Waals surface area contributed by atoms with Gasteiger partial charge in [0.25, 0.3) is 0 Å². The summed E-state index contributed by atoms with van der Waals surface area (Å²) < 4.78 is 0. The quantitative estimate of drug-likeness (QED) is 0.895. The average molecular weight is 269 g/mol. The van der Waals surface area contributed by atoms with Crippen molar-refractivity contribution in [1.82, 2.24) is 5.32 Å². The zero-order valence-corrected chi connectivity index (χ0v) is 11.4. The molecule has 1 aliphatic carbocycles. The van der Waals surface area contributed by atoms with Gasteiger partial charge >= 0.3 is 0 Å². The second kappa shape index (κ2) is 5.25. The van der Waals surface area contributed by atoms with Crippen molar-refractivity contribution in [2.45, 2.75) is 31.2 Å². The van der Waals surface area contributed by atoms with Crippen molar-refractivity contribution < 1.29 is 9.90 Å². The van der Waals surface area contributed by atoms with Gasteiger partial charge in [-0.15, -0.1) is 0 Å². The Morgan fingerprint density at radius 3 is 2.60 bits per heavy atom. The molecular formula is C17H19NO2. The van der Waals surface area contributed by atoms with Crippen LogP contribution < -0.4 is 5.32 Å². The predicted octanol–water partition coefficient (Wildman–Crippen LogP) is 2.41. The summed E-state index contributed by atoms with van der Waals surface area (Å²) in [6, 6.07) is 14.1. The van der Waals surface area contributed by atoms with Crippen molar-refractivity contribution >= 4 is 16.7 Å². The van der Waals surface area contributed by atoms with Gasteiger partial charge in [-0.3, -0.25) is 4.79 Å². The SMILES string of the molecule is O=C(Cc1cccc2ccccc12)NC1(CO)CCC1. The van der Waals surface area contributed by atoms with Gasteiger partial charge in [-0.2, -0.15) is 0 Å². The summed E-state index contributed by atoms with van der Waals surface area (Å²) in [4.78, 5) is 12.2. The van der Waals surface area contributed by atoms with E-state index < -0.39 is 0 Å². The molecule has 2 aromatic rings. The van der Waals surface area contributed by atoms with Gasteiger partial charge in [0.2, 0.25) is 5.91 Å². The molecule has 104 valence electrons. The lowest BCUT2D eigenvalue weighted by Gasteiger charge is -2.41. The maximum absolute atomic E-state index is 12.2. The first-order valence-corrected chi connectivity index (χ1v) is 7.11. The monoisotopic (exact) mass is 269 g/mol.